The molecule has 2 heterocycles. The first kappa shape index (κ1) is 31.0. The summed E-state index contributed by atoms with van der Waals surface area (Å²) in [5, 5.41) is 2.69. The van der Waals surface area contributed by atoms with Crippen LogP contribution in [0.4, 0.5) is 23.2 Å². The molecule has 3 N–H and O–H groups in total. The van der Waals surface area contributed by atoms with Gasteiger partial charge in [0.05, 0.1) is 23.5 Å². The van der Waals surface area contributed by atoms with Gasteiger partial charge < -0.3 is 16.0 Å². The Morgan fingerprint density at radius 1 is 1.08 bits per heavy atom. The van der Waals surface area contributed by atoms with E-state index in [0.717, 1.165) is 12.1 Å². The number of aromatic nitrogens is 1. The van der Waals surface area contributed by atoms with Crippen molar-refractivity contribution in [1.29, 1.82) is 0 Å². The second-order valence-corrected chi connectivity index (χ2v) is 8.67. The predicted octanol–water partition coefficient (Wildman–Crippen LogP) is 4.62. The highest BCUT2D eigenvalue weighted by Crippen LogP contribution is 2.31. The fourth-order valence-electron chi connectivity index (χ4n) is 4.19. The summed E-state index contributed by atoms with van der Waals surface area (Å²) >= 11 is 0. The molecule has 2 aromatic carbocycles. The molecule has 0 radical (unpaired) electrons. The second kappa shape index (κ2) is 13.0. The molecule has 38 heavy (non-hydrogen) atoms. The van der Waals surface area contributed by atoms with Crippen LogP contribution in [0.5, 0.6) is 0 Å². The van der Waals surface area contributed by atoms with Gasteiger partial charge in [-0.3, -0.25) is 14.6 Å². The number of fused-ring (bicyclic) bond motifs is 1. The first-order valence-corrected chi connectivity index (χ1v) is 11.3. The summed E-state index contributed by atoms with van der Waals surface area (Å²) in [6.45, 7) is 0.00876. The van der Waals surface area contributed by atoms with E-state index in [4.69, 9.17) is 5.73 Å². The molecule has 0 bridgehead atoms. The molecule has 1 aromatic heterocycles. The van der Waals surface area contributed by atoms with Gasteiger partial charge in [-0.15, -0.1) is 24.8 Å². The molecule has 1 aliphatic rings. The number of nitrogens with one attached hydrogen (secondary N) is 1. The number of nitrogens with zero attached hydrogens (tertiary/aromatic N) is 2. The number of hydrogen-bond acceptors (Lipinski definition) is 4. The maximum absolute atomic E-state index is 13.9. The van der Waals surface area contributed by atoms with Crippen LogP contribution < -0.4 is 16.0 Å². The Labute approximate surface area is 229 Å². The van der Waals surface area contributed by atoms with Gasteiger partial charge in [0.2, 0.25) is 11.8 Å². The molecule has 3 aromatic rings. The van der Waals surface area contributed by atoms with E-state index in [1.807, 2.05) is 0 Å². The molecule has 2 amide bonds. The standard InChI is InChI=1S/C26H24F4N4O2.2ClH/c27-20-5-2-1-4-17(20)12-19(31)13-24(35)33-22-14-21-23(6-3-11-32-21)34(25(22)36)15-16-7-9-18(10-8-16)26(28,29)30;;/h1-11,19,22H,12-15,31H2,(H,33,35);2*1H/t19-,22?;;/m1../s1. The Hall–Kier alpha value is -3.21. The number of carbonyl (C=O) groups is 2. The summed E-state index contributed by atoms with van der Waals surface area (Å²) < 4.78 is 52.6. The lowest BCUT2D eigenvalue weighted by Gasteiger charge is -2.34. The molecular formula is C26H26Cl2F4N4O2. The molecule has 6 nitrogen and oxygen atoms in total. The van der Waals surface area contributed by atoms with E-state index >= 15 is 0 Å². The number of halogens is 6. The summed E-state index contributed by atoms with van der Waals surface area (Å²) in [6.07, 6.45) is -2.70. The molecular weight excluding hydrogens is 547 g/mol. The fraction of sp³-hybridized carbons (Fsp3) is 0.269. The molecule has 0 saturated carbocycles. The molecule has 204 valence electrons. The van der Waals surface area contributed by atoms with Crippen molar-refractivity contribution in [2.45, 2.75) is 44.1 Å². The molecule has 1 aliphatic heterocycles. The van der Waals surface area contributed by atoms with Crippen molar-refractivity contribution >= 4 is 42.3 Å². The van der Waals surface area contributed by atoms with Crippen LogP contribution in [0, 0.1) is 5.82 Å². The number of nitrogens with two attached hydrogens (primary N) is 1. The van der Waals surface area contributed by atoms with Crippen LogP contribution in [0.1, 0.15) is 28.8 Å². The summed E-state index contributed by atoms with van der Waals surface area (Å²) in [4.78, 5) is 31.7. The normalized spacial score (nSPS) is 15.6. The van der Waals surface area contributed by atoms with Gasteiger partial charge in [0.1, 0.15) is 11.9 Å². The number of hydrogen-bond donors (Lipinski definition) is 2. The molecule has 0 spiro atoms. The van der Waals surface area contributed by atoms with Gasteiger partial charge in [-0.25, -0.2) is 4.39 Å². The van der Waals surface area contributed by atoms with Gasteiger partial charge in [-0.1, -0.05) is 30.3 Å². The highest BCUT2D eigenvalue weighted by Gasteiger charge is 2.35. The number of pyridine rings is 1. The summed E-state index contributed by atoms with van der Waals surface area (Å²) in [5.74, 6) is -1.28. The lowest BCUT2D eigenvalue weighted by atomic mass is 9.99. The van der Waals surface area contributed by atoms with Gasteiger partial charge in [0, 0.05) is 25.1 Å². The average molecular weight is 573 g/mol. The van der Waals surface area contributed by atoms with E-state index in [1.54, 1.807) is 36.5 Å². The fourth-order valence-corrected chi connectivity index (χ4v) is 4.19. The number of benzene rings is 2. The van der Waals surface area contributed by atoms with Crippen LogP contribution in [0.25, 0.3) is 0 Å². The minimum absolute atomic E-state index is 0. The van der Waals surface area contributed by atoms with Gasteiger partial charge in [-0.2, -0.15) is 13.2 Å². The lowest BCUT2D eigenvalue weighted by Crippen LogP contribution is -2.53. The van der Waals surface area contributed by atoms with E-state index in [9.17, 15) is 27.2 Å². The van der Waals surface area contributed by atoms with E-state index in [2.05, 4.69) is 10.3 Å². The summed E-state index contributed by atoms with van der Waals surface area (Å²) in [7, 11) is 0. The van der Waals surface area contributed by atoms with Gasteiger partial charge in [-0.05, 0) is 47.9 Å². The maximum atomic E-state index is 13.9. The van der Waals surface area contributed by atoms with Crippen molar-refractivity contribution in [1.82, 2.24) is 10.3 Å². The molecule has 0 aliphatic carbocycles. The Morgan fingerprint density at radius 3 is 2.42 bits per heavy atom. The first-order chi connectivity index (χ1) is 17.1. The van der Waals surface area contributed by atoms with Gasteiger partial charge in [0.25, 0.3) is 0 Å². The molecule has 1 unspecified atom stereocenters. The number of rotatable bonds is 7. The average Bonchev–Trinajstić information content (AvgIpc) is 2.83. The van der Waals surface area contributed by atoms with E-state index in [0.29, 0.717) is 22.5 Å². The third kappa shape index (κ3) is 7.43. The smallest absolute Gasteiger partial charge is 0.344 e. The topological polar surface area (TPSA) is 88.3 Å². The zero-order valence-electron chi connectivity index (χ0n) is 20.0. The monoisotopic (exact) mass is 572 g/mol. The number of amides is 2. The largest absolute Gasteiger partial charge is 0.416 e. The summed E-state index contributed by atoms with van der Waals surface area (Å²) in [6, 6.07) is 12.5. The van der Waals surface area contributed by atoms with Gasteiger partial charge >= 0.3 is 6.18 Å². The SMILES string of the molecule is Cl.Cl.N[C@@H](CC(=O)NC1Cc2ncccc2N(Cc2ccc(C(F)(F)F)cc2)C1=O)Cc1ccccc1F. The zero-order chi connectivity index (χ0) is 25.9. The number of alkyl halides is 3. The van der Waals surface area contributed by atoms with Crippen LogP contribution in [0.15, 0.2) is 66.9 Å². The van der Waals surface area contributed by atoms with E-state index in [-0.39, 0.29) is 50.6 Å². The van der Waals surface area contributed by atoms with Crippen LogP contribution in [-0.2, 0) is 35.2 Å². The lowest BCUT2D eigenvalue weighted by molar-refractivity contribution is -0.137. The van der Waals surface area contributed by atoms with Crippen molar-refractivity contribution in [3.8, 4) is 0 Å². The third-order valence-electron chi connectivity index (χ3n) is 5.96. The highest BCUT2D eigenvalue weighted by atomic mass is 35.5. The summed E-state index contributed by atoms with van der Waals surface area (Å²) in [5.41, 5.74) is 7.26. The Morgan fingerprint density at radius 2 is 1.76 bits per heavy atom. The molecule has 4 rings (SSSR count). The third-order valence-corrected chi connectivity index (χ3v) is 5.96. The van der Waals surface area contributed by atoms with Crippen molar-refractivity contribution in [3.63, 3.8) is 0 Å². The van der Waals surface area contributed by atoms with Crippen LogP contribution in [0.2, 0.25) is 0 Å². The van der Waals surface area contributed by atoms with Crippen molar-refractivity contribution < 1.29 is 27.2 Å². The molecule has 0 fully saturated rings. The van der Waals surface area contributed by atoms with Crippen molar-refractivity contribution in [2.24, 2.45) is 5.73 Å². The predicted molar refractivity (Wildman–Crippen MR) is 140 cm³/mol. The molecule has 12 heteroatoms. The molecule has 2 atom stereocenters. The molecule has 0 saturated heterocycles. The van der Waals surface area contributed by atoms with E-state index in [1.165, 1.54) is 23.1 Å². The van der Waals surface area contributed by atoms with Crippen LogP contribution in [-0.4, -0.2) is 28.9 Å². The quantitative estimate of drug-likeness (QED) is 0.404. The minimum atomic E-state index is -4.46. The van der Waals surface area contributed by atoms with Gasteiger partial charge in [0.15, 0.2) is 0 Å². The van der Waals surface area contributed by atoms with Crippen LogP contribution >= 0.6 is 24.8 Å². The highest BCUT2D eigenvalue weighted by molar-refractivity contribution is 6.01. The Bertz CT molecular complexity index is 1260. The van der Waals surface area contributed by atoms with E-state index < -0.39 is 41.5 Å². The first-order valence-electron chi connectivity index (χ1n) is 11.3. The van der Waals surface area contributed by atoms with Crippen LogP contribution in [0.3, 0.4) is 0 Å². The number of anilines is 1. The Kier molecular flexibility index (Phi) is 10.6. The number of carbonyl (C=O) groups excluding carboxylic acids is 2. The Balaban J connectivity index is 0.00000253. The van der Waals surface area contributed by atoms with Crippen molar-refractivity contribution in [2.75, 3.05) is 4.90 Å². The maximum Gasteiger partial charge on any atom is 0.416 e. The van der Waals surface area contributed by atoms with Crippen molar-refractivity contribution in [3.05, 3.63) is 95.1 Å². The second-order valence-electron chi connectivity index (χ2n) is 8.67. The minimum Gasteiger partial charge on any atom is -0.344 e. The zero-order valence-corrected chi connectivity index (χ0v) is 21.6.